The van der Waals surface area contributed by atoms with Crippen molar-refractivity contribution in [3.63, 3.8) is 0 Å². The van der Waals surface area contributed by atoms with Gasteiger partial charge in [0.25, 0.3) is 0 Å². The summed E-state index contributed by atoms with van der Waals surface area (Å²) in [4.78, 5) is 20.1. The zero-order valence-corrected chi connectivity index (χ0v) is 11.5. The summed E-state index contributed by atoms with van der Waals surface area (Å²) in [5.41, 5.74) is 0. The molecule has 0 heterocycles. The first-order chi connectivity index (χ1) is 8.90. The molecule has 0 aliphatic heterocycles. The van der Waals surface area contributed by atoms with Crippen LogP contribution in [0.2, 0.25) is 0 Å². The number of hydrogen-bond acceptors (Lipinski definition) is 4. The van der Waals surface area contributed by atoms with Gasteiger partial charge in [-0.25, -0.2) is 0 Å². The van der Waals surface area contributed by atoms with E-state index in [1.807, 2.05) is 6.92 Å². The van der Waals surface area contributed by atoms with E-state index in [1.165, 1.54) is 0 Å². The van der Waals surface area contributed by atoms with Gasteiger partial charge >= 0.3 is 11.9 Å². The van der Waals surface area contributed by atoms with Crippen molar-refractivity contribution < 1.29 is 30.0 Å². The van der Waals surface area contributed by atoms with E-state index in [1.54, 1.807) is 0 Å². The lowest BCUT2D eigenvalue weighted by molar-refractivity contribution is -0.138. The Kier molecular flexibility index (Phi) is 15.8. The fourth-order valence-electron chi connectivity index (χ4n) is 1.29. The van der Waals surface area contributed by atoms with Gasteiger partial charge in [0.05, 0.1) is 0 Å². The fraction of sp³-hybridized carbons (Fsp3) is 0.846. The number of rotatable bonds is 10. The Hall–Kier alpha value is -1.14. The van der Waals surface area contributed by atoms with Gasteiger partial charge in [0.1, 0.15) is 0 Å². The lowest BCUT2D eigenvalue weighted by Gasteiger charge is -1.97. The van der Waals surface area contributed by atoms with E-state index in [0.717, 1.165) is 25.7 Å². The normalized spacial score (nSPS) is 9.89. The van der Waals surface area contributed by atoms with E-state index in [4.69, 9.17) is 20.4 Å². The van der Waals surface area contributed by atoms with Crippen LogP contribution in [-0.4, -0.2) is 38.7 Å². The highest BCUT2D eigenvalue weighted by atomic mass is 16.5. The molecule has 0 fully saturated rings. The van der Waals surface area contributed by atoms with E-state index < -0.39 is 18.2 Å². The largest absolute Gasteiger partial charge is 0.481 e. The summed E-state index contributed by atoms with van der Waals surface area (Å²) < 4.78 is 0. The van der Waals surface area contributed by atoms with Crippen molar-refractivity contribution in [2.75, 3.05) is 0 Å². The van der Waals surface area contributed by atoms with E-state index in [-0.39, 0.29) is 12.8 Å². The molecule has 6 nitrogen and oxygen atoms in total. The van der Waals surface area contributed by atoms with Crippen molar-refractivity contribution in [3.8, 4) is 0 Å². The van der Waals surface area contributed by atoms with Crippen molar-refractivity contribution in [2.45, 2.75) is 71.0 Å². The SMILES string of the molecule is CCCCC(O)O.O=C(O)CCCCCCC(=O)O. The summed E-state index contributed by atoms with van der Waals surface area (Å²) >= 11 is 0. The second kappa shape index (κ2) is 14.9. The summed E-state index contributed by atoms with van der Waals surface area (Å²) in [5.74, 6) is -1.57. The molecule has 0 aliphatic rings. The minimum Gasteiger partial charge on any atom is -0.481 e. The summed E-state index contributed by atoms with van der Waals surface area (Å²) in [6, 6.07) is 0. The molecule has 0 aliphatic carbocycles. The monoisotopic (exact) mass is 278 g/mol. The highest BCUT2D eigenvalue weighted by Gasteiger charge is 1.98. The Morgan fingerprint density at radius 1 is 0.842 bits per heavy atom. The van der Waals surface area contributed by atoms with Crippen molar-refractivity contribution in [1.82, 2.24) is 0 Å². The second-order valence-corrected chi connectivity index (χ2v) is 4.32. The maximum atomic E-state index is 10.0. The fourth-order valence-corrected chi connectivity index (χ4v) is 1.29. The van der Waals surface area contributed by atoms with Crippen LogP contribution in [0, 0.1) is 0 Å². The zero-order valence-electron chi connectivity index (χ0n) is 11.5. The number of unbranched alkanes of at least 4 members (excludes halogenated alkanes) is 4. The molecule has 6 heteroatoms. The van der Waals surface area contributed by atoms with Crippen LogP contribution in [0.4, 0.5) is 0 Å². The standard InChI is InChI=1S/C8H14O4.C5H12O2/c9-7(10)5-3-1-2-4-6-8(11)12;1-2-3-4-5(6)7/h1-6H2,(H,9,10)(H,11,12);5-7H,2-4H2,1H3. The molecule has 0 aromatic rings. The van der Waals surface area contributed by atoms with Crippen LogP contribution in [0.1, 0.15) is 64.7 Å². The average molecular weight is 278 g/mol. The zero-order chi connectivity index (χ0) is 15.1. The summed E-state index contributed by atoms with van der Waals surface area (Å²) in [6.45, 7) is 2.02. The highest BCUT2D eigenvalue weighted by Crippen LogP contribution is 2.04. The molecule has 0 bridgehead atoms. The van der Waals surface area contributed by atoms with Crippen molar-refractivity contribution in [1.29, 1.82) is 0 Å². The number of carbonyl (C=O) groups is 2. The topological polar surface area (TPSA) is 115 Å². The average Bonchev–Trinajstić information content (AvgIpc) is 2.31. The third-order valence-corrected chi connectivity index (χ3v) is 2.35. The van der Waals surface area contributed by atoms with Gasteiger partial charge in [-0.05, 0) is 25.7 Å². The molecule has 0 radical (unpaired) electrons. The van der Waals surface area contributed by atoms with Gasteiger partial charge in [-0.15, -0.1) is 0 Å². The molecule has 0 rings (SSSR count). The summed E-state index contributed by atoms with van der Waals surface area (Å²) in [7, 11) is 0. The Labute approximate surface area is 114 Å². The van der Waals surface area contributed by atoms with Gasteiger partial charge in [0, 0.05) is 12.8 Å². The molecule has 19 heavy (non-hydrogen) atoms. The van der Waals surface area contributed by atoms with E-state index in [2.05, 4.69) is 0 Å². The van der Waals surface area contributed by atoms with E-state index >= 15 is 0 Å². The van der Waals surface area contributed by atoms with Crippen LogP contribution in [0.5, 0.6) is 0 Å². The Bertz CT molecular complexity index is 209. The number of hydrogen-bond donors (Lipinski definition) is 4. The maximum absolute atomic E-state index is 10.0. The van der Waals surface area contributed by atoms with Crippen LogP contribution < -0.4 is 0 Å². The van der Waals surface area contributed by atoms with Gasteiger partial charge in [-0.3, -0.25) is 9.59 Å². The summed E-state index contributed by atoms with van der Waals surface area (Å²) in [5, 5.41) is 33.0. The molecule has 0 aromatic carbocycles. The first-order valence-electron chi connectivity index (χ1n) is 6.69. The minimum absolute atomic E-state index is 0.188. The molecule has 0 atom stereocenters. The van der Waals surface area contributed by atoms with Crippen LogP contribution in [-0.2, 0) is 9.59 Å². The Balaban J connectivity index is 0. The predicted molar refractivity (Wildman–Crippen MR) is 70.7 cm³/mol. The van der Waals surface area contributed by atoms with E-state index in [0.29, 0.717) is 19.3 Å². The van der Waals surface area contributed by atoms with Gasteiger partial charge in [0.15, 0.2) is 6.29 Å². The molecule has 0 unspecified atom stereocenters. The summed E-state index contributed by atoms with van der Waals surface area (Å²) in [6.07, 6.45) is 4.62. The van der Waals surface area contributed by atoms with Gasteiger partial charge in [-0.1, -0.05) is 26.2 Å². The van der Waals surface area contributed by atoms with Gasteiger partial charge in [-0.2, -0.15) is 0 Å². The van der Waals surface area contributed by atoms with Crippen LogP contribution in [0.25, 0.3) is 0 Å². The first-order valence-corrected chi connectivity index (χ1v) is 6.69. The molecule has 0 amide bonds. The molecule has 0 aromatic heterocycles. The van der Waals surface area contributed by atoms with Crippen molar-refractivity contribution in [2.24, 2.45) is 0 Å². The lowest BCUT2D eigenvalue weighted by atomic mass is 10.1. The molecule has 0 saturated carbocycles. The number of aliphatic hydroxyl groups excluding tert-OH is 1. The number of aliphatic carboxylic acids is 2. The van der Waals surface area contributed by atoms with Crippen LogP contribution >= 0.6 is 0 Å². The Morgan fingerprint density at radius 2 is 1.26 bits per heavy atom. The van der Waals surface area contributed by atoms with Crippen LogP contribution in [0.3, 0.4) is 0 Å². The predicted octanol–water partition coefficient (Wildman–Crippen LogP) is 1.98. The lowest BCUT2D eigenvalue weighted by Crippen LogP contribution is -2.02. The third-order valence-electron chi connectivity index (χ3n) is 2.35. The molecular weight excluding hydrogens is 252 g/mol. The number of carboxylic acids is 2. The van der Waals surface area contributed by atoms with Gasteiger partial charge in [0.2, 0.25) is 0 Å². The molecule has 0 saturated heterocycles. The quantitative estimate of drug-likeness (QED) is 0.359. The van der Waals surface area contributed by atoms with E-state index in [9.17, 15) is 9.59 Å². The second-order valence-electron chi connectivity index (χ2n) is 4.32. The maximum Gasteiger partial charge on any atom is 0.303 e. The molecule has 4 N–H and O–H groups in total. The van der Waals surface area contributed by atoms with Crippen molar-refractivity contribution >= 4 is 11.9 Å². The first kappa shape index (κ1) is 20.2. The smallest absolute Gasteiger partial charge is 0.303 e. The number of aliphatic hydroxyl groups is 2. The number of carboxylic acid groups (broad SMARTS) is 2. The molecular formula is C13H26O6. The molecule has 0 spiro atoms. The van der Waals surface area contributed by atoms with Crippen molar-refractivity contribution in [3.05, 3.63) is 0 Å². The highest BCUT2D eigenvalue weighted by molar-refractivity contribution is 5.66. The van der Waals surface area contributed by atoms with Crippen LogP contribution in [0.15, 0.2) is 0 Å². The van der Waals surface area contributed by atoms with Gasteiger partial charge < -0.3 is 20.4 Å². The minimum atomic E-state index is -1.10. The third kappa shape index (κ3) is 26.5. The Morgan fingerprint density at radius 3 is 1.47 bits per heavy atom. The molecule has 114 valence electrons.